The Morgan fingerprint density at radius 2 is 2.29 bits per heavy atom. The largest absolute Gasteiger partial charge is 0.480 e. The van der Waals surface area contributed by atoms with E-state index in [1.54, 1.807) is 0 Å². The molecule has 0 saturated carbocycles. The Hall–Kier alpha value is -1.81. The zero-order valence-electron chi connectivity index (χ0n) is 9.58. The topological polar surface area (TPSA) is 65.1 Å². The minimum absolute atomic E-state index is 0.471. The third-order valence-corrected chi connectivity index (χ3v) is 3.46. The van der Waals surface area contributed by atoms with E-state index in [1.807, 2.05) is 12.1 Å². The second-order valence-corrected chi connectivity index (χ2v) is 4.56. The normalized spacial score (nSPS) is 19.2. The van der Waals surface area contributed by atoms with Gasteiger partial charge in [0.25, 0.3) is 0 Å². The molecule has 17 heavy (non-hydrogen) atoms. The number of aromatic nitrogens is 1. The van der Waals surface area contributed by atoms with Gasteiger partial charge >= 0.3 is 5.97 Å². The molecule has 0 radical (unpaired) electrons. The maximum Gasteiger partial charge on any atom is 0.321 e. The molecule has 0 amide bonds. The summed E-state index contributed by atoms with van der Waals surface area (Å²) in [6.45, 7) is 2.66. The molecule has 88 valence electrons. The number of aliphatic carboxylic acids is 1. The molecule has 1 aromatic heterocycles. The van der Waals surface area contributed by atoms with Crippen LogP contribution in [0.2, 0.25) is 0 Å². The van der Waals surface area contributed by atoms with E-state index in [0.717, 1.165) is 16.8 Å². The van der Waals surface area contributed by atoms with Gasteiger partial charge in [-0.25, -0.2) is 0 Å². The predicted octanol–water partition coefficient (Wildman–Crippen LogP) is 1.58. The van der Waals surface area contributed by atoms with Crippen LogP contribution in [-0.4, -0.2) is 22.1 Å². The van der Waals surface area contributed by atoms with Gasteiger partial charge in [-0.2, -0.15) is 0 Å². The molecule has 3 N–H and O–H groups in total. The van der Waals surface area contributed by atoms with Gasteiger partial charge in [-0.1, -0.05) is 12.1 Å². The van der Waals surface area contributed by atoms with Gasteiger partial charge in [0.05, 0.1) is 0 Å². The van der Waals surface area contributed by atoms with E-state index < -0.39 is 12.0 Å². The first kappa shape index (κ1) is 10.4. The molecule has 4 heteroatoms. The maximum atomic E-state index is 11.0. The summed E-state index contributed by atoms with van der Waals surface area (Å²) in [6, 6.07) is 5.65. The SMILES string of the molecule is Cc1cccc2[nH]c3c(c12)CC(C(=O)O)NC3. The lowest BCUT2D eigenvalue weighted by atomic mass is 9.96. The lowest BCUT2D eigenvalue weighted by molar-refractivity contribution is -0.139. The Morgan fingerprint density at radius 1 is 1.47 bits per heavy atom. The first-order valence-electron chi connectivity index (χ1n) is 5.72. The molecular weight excluding hydrogens is 216 g/mol. The summed E-state index contributed by atoms with van der Waals surface area (Å²) in [7, 11) is 0. The van der Waals surface area contributed by atoms with Crippen molar-refractivity contribution in [2.45, 2.75) is 25.9 Å². The molecule has 1 atom stereocenters. The molecule has 2 aromatic rings. The minimum Gasteiger partial charge on any atom is -0.480 e. The summed E-state index contributed by atoms with van der Waals surface area (Å²) in [5.41, 5.74) is 4.57. The van der Waals surface area contributed by atoms with Crippen LogP contribution < -0.4 is 5.32 Å². The zero-order valence-corrected chi connectivity index (χ0v) is 9.58. The van der Waals surface area contributed by atoms with Crippen LogP contribution in [0.5, 0.6) is 0 Å². The Balaban J connectivity index is 2.17. The van der Waals surface area contributed by atoms with Crippen LogP contribution in [0, 0.1) is 6.92 Å². The van der Waals surface area contributed by atoms with E-state index in [9.17, 15) is 4.79 Å². The average Bonchev–Trinajstić information content (AvgIpc) is 2.67. The number of carboxylic acid groups (broad SMARTS) is 1. The summed E-state index contributed by atoms with van der Waals surface area (Å²) in [4.78, 5) is 14.4. The molecule has 0 bridgehead atoms. The molecule has 1 unspecified atom stereocenters. The van der Waals surface area contributed by atoms with E-state index >= 15 is 0 Å². The van der Waals surface area contributed by atoms with E-state index in [-0.39, 0.29) is 0 Å². The quantitative estimate of drug-likeness (QED) is 0.696. The number of H-pyrrole nitrogens is 1. The van der Waals surface area contributed by atoms with Crippen LogP contribution in [0.25, 0.3) is 10.9 Å². The molecule has 0 saturated heterocycles. The Bertz CT molecular complexity index is 601. The molecule has 1 aromatic carbocycles. The van der Waals surface area contributed by atoms with Crippen molar-refractivity contribution in [3.05, 3.63) is 35.0 Å². The monoisotopic (exact) mass is 230 g/mol. The number of benzene rings is 1. The summed E-state index contributed by atoms with van der Waals surface area (Å²) < 4.78 is 0. The third kappa shape index (κ3) is 1.52. The zero-order chi connectivity index (χ0) is 12.0. The van der Waals surface area contributed by atoms with Crippen LogP contribution in [0.15, 0.2) is 18.2 Å². The van der Waals surface area contributed by atoms with Crippen molar-refractivity contribution < 1.29 is 9.90 Å². The number of carbonyl (C=O) groups is 1. The van der Waals surface area contributed by atoms with Crippen molar-refractivity contribution in [1.29, 1.82) is 0 Å². The van der Waals surface area contributed by atoms with Gasteiger partial charge in [-0.3, -0.25) is 10.1 Å². The lowest BCUT2D eigenvalue weighted by Crippen LogP contribution is -2.41. The van der Waals surface area contributed by atoms with Gasteiger partial charge in [-0.15, -0.1) is 0 Å². The number of nitrogens with one attached hydrogen (secondary N) is 2. The number of aryl methyl sites for hydroxylation is 1. The summed E-state index contributed by atoms with van der Waals surface area (Å²) in [5.74, 6) is -0.779. The number of rotatable bonds is 1. The second kappa shape index (κ2) is 3.60. The molecule has 0 spiro atoms. The third-order valence-electron chi connectivity index (χ3n) is 3.46. The first-order chi connectivity index (χ1) is 8.16. The van der Waals surface area contributed by atoms with Gasteiger partial charge in [0.15, 0.2) is 0 Å². The smallest absolute Gasteiger partial charge is 0.321 e. The number of hydrogen-bond acceptors (Lipinski definition) is 2. The van der Waals surface area contributed by atoms with Crippen LogP contribution in [-0.2, 0) is 17.8 Å². The van der Waals surface area contributed by atoms with Gasteiger partial charge in [0, 0.05) is 29.6 Å². The molecule has 4 nitrogen and oxygen atoms in total. The predicted molar refractivity (Wildman–Crippen MR) is 65.0 cm³/mol. The van der Waals surface area contributed by atoms with Crippen molar-refractivity contribution in [1.82, 2.24) is 10.3 Å². The molecule has 3 rings (SSSR count). The van der Waals surface area contributed by atoms with Gasteiger partial charge < -0.3 is 10.1 Å². The van der Waals surface area contributed by atoms with E-state index in [1.165, 1.54) is 10.9 Å². The van der Waals surface area contributed by atoms with Crippen molar-refractivity contribution in [3.63, 3.8) is 0 Å². The molecule has 2 heterocycles. The molecule has 0 aliphatic carbocycles. The van der Waals surface area contributed by atoms with Crippen LogP contribution in [0.1, 0.15) is 16.8 Å². The second-order valence-electron chi connectivity index (χ2n) is 4.56. The van der Waals surface area contributed by atoms with E-state index in [4.69, 9.17) is 5.11 Å². The highest BCUT2D eigenvalue weighted by atomic mass is 16.4. The average molecular weight is 230 g/mol. The van der Waals surface area contributed by atoms with Gasteiger partial charge in [-0.05, 0) is 24.1 Å². The fraction of sp³-hybridized carbons (Fsp3) is 0.308. The van der Waals surface area contributed by atoms with Crippen LogP contribution >= 0.6 is 0 Å². The number of aromatic amines is 1. The van der Waals surface area contributed by atoms with Gasteiger partial charge in [0.2, 0.25) is 0 Å². The summed E-state index contributed by atoms with van der Waals surface area (Å²) >= 11 is 0. The maximum absolute atomic E-state index is 11.0. The van der Waals surface area contributed by atoms with Crippen molar-refractivity contribution in [2.24, 2.45) is 0 Å². The lowest BCUT2D eigenvalue weighted by Gasteiger charge is -2.20. The van der Waals surface area contributed by atoms with E-state index in [0.29, 0.717) is 13.0 Å². The number of fused-ring (bicyclic) bond motifs is 3. The summed E-state index contributed by atoms with van der Waals surface area (Å²) in [6.07, 6.45) is 0.551. The highest BCUT2D eigenvalue weighted by Gasteiger charge is 2.26. The fourth-order valence-electron chi connectivity index (χ4n) is 2.61. The number of hydrogen-bond donors (Lipinski definition) is 3. The molecule has 0 fully saturated rings. The van der Waals surface area contributed by atoms with Gasteiger partial charge in [0.1, 0.15) is 6.04 Å². The highest BCUT2D eigenvalue weighted by molar-refractivity contribution is 5.89. The van der Waals surface area contributed by atoms with Crippen molar-refractivity contribution in [3.8, 4) is 0 Å². The Kier molecular flexibility index (Phi) is 2.19. The first-order valence-corrected chi connectivity index (χ1v) is 5.72. The minimum atomic E-state index is -0.779. The van der Waals surface area contributed by atoms with E-state index in [2.05, 4.69) is 23.3 Å². The van der Waals surface area contributed by atoms with Crippen LogP contribution in [0.3, 0.4) is 0 Å². The molecule has 1 aliphatic heterocycles. The van der Waals surface area contributed by atoms with Crippen LogP contribution in [0.4, 0.5) is 0 Å². The number of carboxylic acids is 1. The Labute approximate surface area is 98.6 Å². The Morgan fingerprint density at radius 3 is 3.06 bits per heavy atom. The molecule has 1 aliphatic rings. The fourth-order valence-corrected chi connectivity index (χ4v) is 2.61. The highest BCUT2D eigenvalue weighted by Crippen LogP contribution is 2.29. The summed E-state index contributed by atoms with van der Waals surface area (Å²) in [5, 5.41) is 13.3. The van der Waals surface area contributed by atoms with Crippen molar-refractivity contribution >= 4 is 16.9 Å². The molecular formula is C13H14N2O2. The standard InChI is InChI=1S/C13H14N2O2/c1-7-3-2-4-9-12(7)8-5-10(13(16)17)14-6-11(8)15-9/h2-4,10,14-15H,5-6H2,1H3,(H,16,17). The van der Waals surface area contributed by atoms with Crippen molar-refractivity contribution in [2.75, 3.05) is 0 Å².